The number of hydrogen-bond donors (Lipinski definition) is 3. The van der Waals surface area contributed by atoms with Crippen LogP contribution in [0.1, 0.15) is 389 Å². The van der Waals surface area contributed by atoms with Crippen molar-refractivity contribution in [3.8, 4) is 0 Å². The molecule has 0 aliphatic carbocycles. The number of phosphoric acid groups is 2. The van der Waals surface area contributed by atoms with Gasteiger partial charge in [-0.2, -0.15) is 0 Å². The minimum absolute atomic E-state index is 0.104. The van der Waals surface area contributed by atoms with Crippen molar-refractivity contribution in [2.45, 2.75) is 407 Å². The van der Waals surface area contributed by atoms with Crippen LogP contribution < -0.4 is 0 Å². The standard InChI is InChI=1S/C76H148O17P2/c1-8-9-10-11-12-13-14-15-16-17-21-24-27-36-43-50-57-73(78)86-63-71(92-75(80)59-52-45-38-28-25-22-19-18-20-23-26-33-40-47-54-67(2)3)65-90-94(82,83)88-61-70(77)62-89-95(84,85)91-66-72(93-76(81)60-53-46-39-32-30-35-42-49-56-69(6)7)64-87-74(79)58-51-44-37-31-29-34-41-48-55-68(4)5/h67-72,77H,8-66H2,1-7H3,(H,82,83)(H,84,85)/t70-,71-,72-/m1/s1. The lowest BCUT2D eigenvalue weighted by Crippen LogP contribution is -2.30. The minimum atomic E-state index is -4.96. The van der Waals surface area contributed by atoms with Gasteiger partial charge in [-0.1, -0.05) is 337 Å². The first-order valence-electron chi connectivity index (χ1n) is 39.3. The molecule has 564 valence electrons. The summed E-state index contributed by atoms with van der Waals surface area (Å²) in [7, 11) is -9.91. The average molecular weight is 1400 g/mol. The second-order valence-corrected chi connectivity index (χ2v) is 31.7. The van der Waals surface area contributed by atoms with Crippen LogP contribution in [0.5, 0.6) is 0 Å². The largest absolute Gasteiger partial charge is 0.472 e. The molecule has 0 rings (SSSR count). The van der Waals surface area contributed by atoms with Gasteiger partial charge in [0.15, 0.2) is 12.2 Å². The summed E-state index contributed by atoms with van der Waals surface area (Å²) in [6.45, 7) is 11.8. The summed E-state index contributed by atoms with van der Waals surface area (Å²) in [5, 5.41) is 10.6. The van der Waals surface area contributed by atoms with Crippen molar-refractivity contribution in [2.24, 2.45) is 17.8 Å². The lowest BCUT2D eigenvalue weighted by molar-refractivity contribution is -0.161. The van der Waals surface area contributed by atoms with Gasteiger partial charge in [-0.3, -0.25) is 37.3 Å². The Morgan fingerprint density at radius 1 is 0.284 bits per heavy atom. The summed E-state index contributed by atoms with van der Waals surface area (Å²) in [6, 6.07) is 0. The number of rotatable bonds is 74. The Morgan fingerprint density at radius 3 is 0.716 bits per heavy atom. The molecule has 5 atom stereocenters. The molecule has 3 N–H and O–H groups in total. The van der Waals surface area contributed by atoms with Crippen molar-refractivity contribution in [2.75, 3.05) is 39.6 Å². The highest BCUT2D eigenvalue weighted by molar-refractivity contribution is 7.47. The normalized spacial score (nSPS) is 14.1. The Kier molecular flexibility index (Phi) is 65.2. The average Bonchev–Trinajstić information content (AvgIpc) is 1.54. The Labute approximate surface area is 581 Å². The van der Waals surface area contributed by atoms with Crippen LogP contribution in [0.3, 0.4) is 0 Å². The van der Waals surface area contributed by atoms with E-state index in [1.165, 1.54) is 199 Å². The van der Waals surface area contributed by atoms with E-state index in [0.29, 0.717) is 25.7 Å². The first-order valence-corrected chi connectivity index (χ1v) is 42.3. The number of carbonyl (C=O) groups excluding carboxylic acids is 4. The summed E-state index contributed by atoms with van der Waals surface area (Å²) < 4.78 is 68.5. The second kappa shape index (κ2) is 66.6. The molecule has 2 unspecified atom stereocenters. The lowest BCUT2D eigenvalue weighted by atomic mass is 10.0. The van der Waals surface area contributed by atoms with Crippen LogP contribution in [0.2, 0.25) is 0 Å². The van der Waals surface area contributed by atoms with Crippen molar-refractivity contribution >= 4 is 39.5 Å². The van der Waals surface area contributed by atoms with E-state index < -0.39 is 97.5 Å². The molecule has 0 amide bonds. The highest BCUT2D eigenvalue weighted by Crippen LogP contribution is 2.45. The predicted molar refractivity (Wildman–Crippen MR) is 386 cm³/mol. The van der Waals surface area contributed by atoms with Gasteiger partial charge in [0.1, 0.15) is 19.3 Å². The maximum absolute atomic E-state index is 13.1. The van der Waals surface area contributed by atoms with Gasteiger partial charge in [-0.05, 0) is 43.4 Å². The molecule has 0 aromatic carbocycles. The molecule has 0 aromatic heterocycles. The maximum Gasteiger partial charge on any atom is 0.472 e. The fraction of sp³-hybridized carbons (Fsp3) is 0.947. The quantitative estimate of drug-likeness (QED) is 0.0222. The zero-order chi connectivity index (χ0) is 70.1. The third kappa shape index (κ3) is 70.3. The molecule has 0 aliphatic rings. The van der Waals surface area contributed by atoms with Crippen LogP contribution in [0.25, 0.3) is 0 Å². The van der Waals surface area contributed by atoms with Gasteiger partial charge in [0.25, 0.3) is 0 Å². The fourth-order valence-electron chi connectivity index (χ4n) is 11.6. The number of phosphoric ester groups is 2. The van der Waals surface area contributed by atoms with Crippen molar-refractivity contribution in [3.05, 3.63) is 0 Å². The maximum atomic E-state index is 13.1. The van der Waals surface area contributed by atoms with E-state index in [-0.39, 0.29) is 25.7 Å². The molecule has 0 aliphatic heterocycles. The Morgan fingerprint density at radius 2 is 0.484 bits per heavy atom. The molecule has 0 fully saturated rings. The third-order valence-electron chi connectivity index (χ3n) is 17.6. The van der Waals surface area contributed by atoms with Crippen molar-refractivity contribution in [1.29, 1.82) is 0 Å². The van der Waals surface area contributed by atoms with Gasteiger partial charge in [0, 0.05) is 25.7 Å². The smallest absolute Gasteiger partial charge is 0.462 e. The number of hydrogen-bond acceptors (Lipinski definition) is 15. The first kappa shape index (κ1) is 93.1. The van der Waals surface area contributed by atoms with Gasteiger partial charge in [0.05, 0.1) is 26.4 Å². The topological polar surface area (TPSA) is 237 Å². The molecule has 0 spiro atoms. The van der Waals surface area contributed by atoms with E-state index in [0.717, 1.165) is 108 Å². The van der Waals surface area contributed by atoms with Crippen LogP contribution in [-0.4, -0.2) is 96.7 Å². The molecule has 19 heteroatoms. The number of ether oxygens (including phenoxy) is 4. The highest BCUT2D eigenvalue weighted by atomic mass is 31.2. The summed E-state index contributed by atoms with van der Waals surface area (Å²) >= 11 is 0. The second-order valence-electron chi connectivity index (χ2n) is 28.8. The SMILES string of the molecule is CCCCCCCCCCCCCCCCCCC(=O)OC[C@H](COP(=O)(O)OC[C@@H](O)COP(=O)(O)OC[C@@H](COC(=O)CCCCCCCCCCC(C)C)OC(=O)CCCCCCCCCCC(C)C)OC(=O)CCCCCCCCCCCCCCCCC(C)C. The number of unbranched alkanes of at least 4 members (excludes halogenated alkanes) is 42. The van der Waals surface area contributed by atoms with Crippen LogP contribution in [-0.2, 0) is 65.4 Å². The summed E-state index contributed by atoms with van der Waals surface area (Å²) in [4.78, 5) is 72.8. The monoisotopic (exact) mass is 1400 g/mol. The predicted octanol–water partition coefficient (Wildman–Crippen LogP) is 22.2. The number of aliphatic hydroxyl groups is 1. The molecule has 0 bridgehead atoms. The van der Waals surface area contributed by atoms with E-state index in [1.54, 1.807) is 0 Å². The third-order valence-corrected chi connectivity index (χ3v) is 19.5. The Balaban J connectivity index is 5.24. The lowest BCUT2D eigenvalue weighted by Gasteiger charge is -2.21. The zero-order valence-electron chi connectivity index (χ0n) is 62.1. The van der Waals surface area contributed by atoms with E-state index in [2.05, 4.69) is 48.5 Å². The molecule has 0 saturated heterocycles. The minimum Gasteiger partial charge on any atom is -0.462 e. The number of aliphatic hydroxyl groups excluding tert-OH is 1. The van der Waals surface area contributed by atoms with Gasteiger partial charge in [0.2, 0.25) is 0 Å². The molecular formula is C76H148O17P2. The van der Waals surface area contributed by atoms with Crippen LogP contribution >= 0.6 is 15.6 Å². The van der Waals surface area contributed by atoms with Crippen molar-refractivity contribution in [3.63, 3.8) is 0 Å². The van der Waals surface area contributed by atoms with Crippen molar-refractivity contribution < 1.29 is 80.2 Å². The summed E-state index contributed by atoms with van der Waals surface area (Å²) in [5.41, 5.74) is 0. The molecule has 95 heavy (non-hydrogen) atoms. The van der Waals surface area contributed by atoms with E-state index in [4.69, 9.17) is 37.0 Å². The fourth-order valence-corrected chi connectivity index (χ4v) is 13.2. The molecule has 0 saturated carbocycles. The highest BCUT2D eigenvalue weighted by Gasteiger charge is 2.30. The van der Waals surface area contributed by atoms with Gasteiger partial charge in [-0.25, -0.2) is 9.13 Å². The van der Waals surface area contributed by atoms with Crippen molar-refractivity contribution in [1.82, 2.24) is 0 Å². The van der Waals surface area contributed by atoms with Gasteiger partial charge in [-0.15, -0.1) is 0 Å². The molecule has 17 nitrogen and oxygen atoms in total. The van der Waals surface area contributed by atoms with Gasteiger partial charge >= 0.3 is 39.5 Å². The Hall–Kier alpha value is -1.94. The Bertz CT molecular complexity index is 1850. The van der Waals surface area contributed by atoms with Gasteiger partial charge < -0.3 is 33.8 Å². The van der Waals surface area contributed by atoms with E-state index >= 15 is 0 Å². The first-order chi connectivity index (χ1) is 45.7. The molecule has 0 radical (unpaired) electrons. The summed E-state index contributed by atoms with van der Waals surface area (Å²) in [6.07, 6.45) is 52.8. The van der Waals surface area contributed by atoms with Crippen LogP contribution in [0.4, 0.5) is 0 Å². The number of esters is 4. The number of carbonyl (C=O) groups is 4. The van der Waals surface area contributed by atoms with Crippen LogP contribution in [0.15, 0.2) is 0 Å². The van der Waals surface area contributed by atoms with E-state index in [1.807, 2.05) is 0 Å². The summed E-state index contributed by atoms with van der Waals surface area (Å²) in [5.74, 6) is 0.120. The zero-order valence-corrected chi connectivity index (χ0v) is 63.9. The molecule has 0 heterocycles. The van der Waals surface area contributed by atoms with E-state index in [9.17, 15) is 43.2 Å². The molecular weight excluding hydrogens is 1250 g/mol. The molecule has 0 aromatic rings. The van der Waals surface area contributed by atoms with Crippen LogP contribution in [0, 0.1) is 17.8 Å².